The van der Waals surface area contributed by atoms with Crippen molar-refractivity contribution >= 4 is 0 Å². The van der Waals surface area contributed by atoms with E-state index in [1.165, 1.54) is 11.1 Å². The summed E-state index contributed by atoms with van der Waals surface area (Å²) in [6.45, 7) is 4.41. The van der Waals surface area contributed by atoms with Gasteiger partial charge in [-0.05, 0) is 29.0 Å². The molecule has 0 aliphatic rings. The van der Waals surface area contributed by atoms with Crippen LogP contribution in [0.2, 0.25) is 0 Å². The number of rotatable bonds is 6. The van der Waals surface area contributed by atoms with E-state index in [0.29, 0.717) is 5.92 Å². The molecule has 0 aliphatic carbocycles. The molecule has 0 aromatic heterocycles. The highest BCUT2D eigenvalue weighted by Gasteiger charge is 2.19. The van der Waals surface area contributed by atoms with Gasteiger partial charge < -0.3 is 10.5 Å². The molecule has 0 saturated carbocycles. The van der Waals surface area contributed by atoms with Gasteiger partial charge in [-0.1, -0.05) is 68.4 Å². The van der Waals surface area contributed by atoms with Gasteiger partial charge in [0, 0.05) is 13.2 Å². The summed E-state index contributed by atoms with van der Waals surface area (Å²) in [7, 11) is 1.72. The number of ether oxygens (including phenoxy) is 1. The van der Waals surface area contributed by atoms with Gasteiger partial charge >= 0.3 is 0 Å². The maximum absolute atomic E-state index is 6.37. The second kappa shape index (κ2) is 7.39. The maximum Gasteiger partial charge on any atom is 0.0975 e. The fourth-order valence-corrected chi connectivity index (χ4v) is 2.62. The van der Waals surface area contributed by atoms with Crippen molar-refractivity contribution in [1.29, 1.82) is 0 Å². The summed E-state index contributed by atoms with van der Waals surface area (Å²) in [5.41, 5.74) is 10.1. The van der Waals surface area contributed by atoms with E-state index in [-0.39, 0.29) is 12.1 Å². The zero-order valence-electron chi connectivity index (χ0n) is 13.1. The average Bonchev–Trinajstić information content (AvgIpc) is 2.49. The zero-order chi connectivity index (χ0) is 15.2. The number of benzene rings is 2. The molecule has 112 valence electrons. The molecular formula is C19H25NO. The monoisotopic (exact) mass is 283 g/mol. The molecule has 0 radical (unpaired) electrons. The van der Waals surface area contributed by atoms with Crippen LogP contribution in [0.1, 0.15) is 42.6 Å². The van der Waals surface area contributed by atoms with Gasteiger partial charge in [-0.3, -0.25) is 0 Å². The summed E-state index contributed by atoms with van der Waals surface area (Å²) in [4.78, 5) is 0. The van der Waals surface area contributed by atoms with Gasteiger partial charge in [0.05, 0.1) is 6.10 Å². The lowest BCUT2D eigenvalue weighted by Gasteiger charge is -2.23. The highest BCUT2D eigenvalue weighted by molar-refractivity contribution is 5.26. The Kier molecular flexibility index (Phi) is 5.54. The molecule has 2 aromatic carbocycles. The van der Waals surface area contributed by atoms with Crippen LogP contribution in [-0.2, 0) is 11.2 Å². The van der Waals surface area contributed by atoms with Crippen LogP contribution in [0.15, 0.2) is 54.6 Å². The Morgan fingerprint density at radius 1 is 0.905 bits per heavy atom. The van der Waals surface area contributed by atoms with Crippen LogP contribution in [0.25, 0.3) is 0 Å². The van der Waals surface area contributed by atoms with Gasteiger partial charge in [-0.15, -0.1) is 0 Å². The quantitative estimate of drug-likeness (QED) is 0.867. The highest BCUT2D eigenvalue weighted by Crippen LogP contribution is 2.22. The van der Waals surface area contributed by atoms with Crippen LogP contribution in [0.5, 0.6) is 0 Å². The van der Waals surface area contributed by atoms with Gasteiger partial charge in [0.1, 0.15) is 0 Å². The Balaban J connectivity index is 2.07. The standard InChI is InChI=1S/C19H25NO/c1-14(2)16-11-9-15(10-12-16)13-18(20)19(21-3)17-7-5-4-6-8-17/h4-12,14,18-19H,13,20H2,1-3H3. The molecule has 2 aromatic rings. The van der Waals surface area contributed by atoms with Crippen molar-refractivity contribution in [2.24, 2.45) is 5.73 Å². The fraction of sp³-hybridized carbons (Fsp3) is 0.368. The summed E-state index contributed by atoms with van der Waals surface area (Å²) in [6.07, 6.45) is 0.738. The van der Waals surface area contributed by atoms with Crippen LogP contribution in [0.4, 0.5) is 0 Å². The molecule has 21 heavy (non-hydrogen) atoms. The second-order valence-corrected chi connectivity index (χ2v) is 5.83. The van der Waals surface area contributed by atoms with Crippen molar-refractivity contribution in [3.05, 3.63) is 71.3 Å². The third-order valence-electron chi connectivity index (χ3n) is 3.89. The first-order chi connectivity index (χ1) is 10.1. The third kappa shape index (κ3) is 4.16. The highest BCUT2D eigenvalue weighted by atomic mass is 16.5. The van der Waals surface area contributed by atoms with E-state index in [9.17, 15) is 0 Å². The molecule has 0 heterocycles. The Morgan fingerprint density at radius 3 is 2.05 bits per heavy atom. The topological polar surface area (TPSA) is 35.2 Å². The Bertz CT molecular complexity index is 533. The third-order valence-corrected chi connectivity index (χ3v) is 3.89. The number of hydrogen-bond donors (Lipinski definition) is 1. The Morgan fingerprint density at radius 2 is 1.52 bits per heavy atom. The Hall–Kier alpha value is -1.64. The maximum atomic E-state index is 6.37. The number of hydrogen-bond acceptors (Lipinski definition) is 2. The fourth-order valence-electron chi connectivity index (χ4n) is 2.62. The summed E-state index contributed by atoms with van der Waals surface area (Å²) >= 11 is 0. The van der Waals surface area contributed by atoms with Crippen molar-refractivity contribution in [3.63, 3.8) is 0 Å². The van der Waals surface area contributed by atoms with Crippen molar-refractivity contribution in [2.75, 3.05) is 7.11 Å². The molecule has 2 heteroatoms. The molecule has 2 N–H and O–H groups in total. The number of nitrogens with two attached hydrogens (primary N) is 1. The normalized spacial score (nSPS) is 14.1. The molecule has 2 nitrogen and oxygen atoms in total. The van der Waals surface area contributed by atoms with Crippen LogP contribution in [0.3, 0.4) is 0 Å². The molecule has 0 aliphatic heterocycles. The summed E-state index contributed by atoms with van der Waals surface area (Å²) in [5.74, 6) is 0.559. The van der Waals surface area contributed by atoms with Crippen molar-refractivity contribution in [3.8, 4) is 0 Å². The lowest BCUT2D eigenvalue weighted by atomic mass is 9.95. The predicted molar refractivity (Wildman–Crippen MR) is 88.4 cm³/mol. The van der Waals surface area contributed by atoms with Crippen LogP contribution < -0.4 is 5.73 Å². The number of methoxy groups -OCH3 is 1. The molecule has 2 rings (SSSR count). The van der Waals surface area contributed by atoms with E-state index in [1.54, 1.807) is 7.11 Å². The molecule has 0 spiro atoms. The second-order valence-electron chi connectivity index (χ2n) is 5.83. The van der Waals surface area contributed by atoms with E-state index >= 15 is 0 Å². The minimum Gasteiger partial charge on any atom is -0.375 e. The van der Waals surface area contributed by atoms with E-state index < -0.39 is 0 Å². The van der Waals surface area contributed by atoms with Crippen LogP contribution in [-0.4, -0.2) is 13.2 Å². The van der Waals surface area contributed by atoms with E-state index in [1.807, 2.05) is 18.2 Å². The average molecular weight is 283 g/mol. The molecule has 2 unspecified atom stereocenters. The van der Waals surface area contributed by atoms with E-state index in [2.05, 4.69) is 50.2 Å². The first-order valence-electron chi connectivity index (χ1n) is 7.54. The smallest absolute Gasteiger partial charge is 0.0975 e. The minimum atomic E-state index is -0.0732. The van der Waals surface area contributed by atoms with Gasteiger partial charge in [0.25, 0.3) is 0 Å². The minimum absolute atomic E-state index is 0.0534. The van der Waals surface area contributed by atoms with Crippen LogP contribution >= 0.6 is 0 Å². The van der Waals surface area contributed by atoms with Gasteiger partial charge in [-0.25, -0.2) is 0 Å². The van der Waals surface area contributed by atoms with E-state index in [4.69, 9.17) is 10.5 Å². The lowest BCUT2D eigenvalue weighted by molar-refractivity contribution is 0.0803. The van der Waals surface area contributed by atoms with Gasteiger partial charge in [0.15, 0.2) is 0 Å². The summed E-state index contributed by atoms with van der Waals surface area (Å²) < 4.78 is 5.61. The summed E-state index contributed by atoms with van der Waals surface area (Å²) in [5, 5.41) is 0. The summed E-state index contributed by atoms with van der Waals surface area (Å²) in [6, 6.07) is 18.9. The van der Waals surface area contributed by atoms with Gasteiger partial charge in [-0.2, -0.15) is 0 Å². The lowest BCUT2D eigenvalue weighted by Crippen LogP contribution is -2.31. The van der Waals surface area contributed by atoms with Crippen molar-refractivity contribution in [1.82, 2.24) is 0 Å². The molecule has 0 fully saturated rings. The molecule has 2 atom stereocenters. The van der Waals surface area contributed by atoms with Gasteiger partial charge in [0.2, 0.25) is 0 Å². The molecule has 0 amide bonds. The first kappa shape index (κ1) is 15.7. The molecule has 0 bridgehead atoms. The molecular weight excluding hydrogens is 258 g/mol. The van der Waals surface area contributed by atoms with Crippen LogP contribution in [0, 0.1) is 0 Å². The molecule has 0 saturated heterocycles. The Labute approximate surface area is 127 Å². The zero-order valence-corrected chi connectivity index (χ0v) is 13.1. The first-order valence-corrected chi connectivity index (χ1v) is 7.54. The van der Waals surface area contributed by atoms with E-state index in [0.717, 1.165) is 12.0 Å². The van der Waals surface area contributed by atoms with Crippen molar-refractivity contribution < 1.29 is 4.74 Å². The SMILES string of the molecule is COC(c1ccccc1)C(N)Cc1ccc(C(C)C)cc1. The largest absolute Gasteiger partial charge is 0.375 e. The van der Waals surface area contributed by atoms with Crippen molar-refractivity contribution in [2.45, 2.75) is 38.3 Å². The predicted octanol–water partition coefficient (Wildman–Crippen LogP) is 4.07.